The van der Waals surface area contributed by atoms with Crippen molar-refractivity contribution in [2.75, 3.05) is 13.2 Å². The Hall–Kier alpha value is -2.76. The third-order valence-electron chi connectivity index (χ3n) is 7.25. The largest absolute Gasteiger partial charge is 0.396 e. The number of aryl methyl sites for hydroxylation is 1. The standard InChI is InChI=1S/C23H29N5O5S/c1-3-24-22(30)20-16(12-29)18-10-27-17(9-8-15(23(27)31)14-6-4-5-7-14)21(20)28(18)34(32,33)19-11-26(2)13-25-19/h6,8-9,11,13,16,18,20-21,29H,3-5,7,10,12H2,1-2H3,(H,24,30)/t16-,18-,20+,21+/m1/s1. The Bertz CT molecular complexity index is 1330. The Morgan fingerprint density at radius 3 is 2.74 bits per heavy atom. The fourth-order valence-electron chi connectivity index (χ4n) is 5.77. The van der Waals surface area contributed by atoms with Crippen LogP contribution in [0.3, 0.4) is 0 Å². The maximum atomic E-state index is 13.8. The monoisotopic (exact) mass is 487 g/mol. The zero-order valence-corrected chi connectivity index (χ0v) is 20.0. The lowest BCUT2D eigenvalue weighted by Gasteiger charge is -2.36. The number of pyridine rings is 1. The molecule has 2 bridgehead atoms. The number of rotatable bonds is 6. The molecule has 1 fully saturated rings. The molecule has 2 N–H and O–H groups in total. The fourth-order valence-corrected chi connectivity index (χ4v) is 7.58. The van der Waals surface area contributed by atoms with E-state index in [0.717, 1.165) is 24.8 Å². The summed E-state index contributed by atoms with van der Waals surface area (Å²) in [6.45, 7) is 1.85. The smallest absolute Gasteiger partial charge is 0.263 e. The second-order valence-electron chi connectivity index (χ2n) is 9.20. The van der Waals surface area contributed by atoms with Crippen LogP contribution in [-0.4, -0.2) is 57.0 Å². The highest BCUT2D eigenvalue weighted by atomic mass is 32.2. The highest BCUT2D eigenvalue weighted by Crippen LogP contribution is 2.50. The van der Waals surface area contributed by atoms with Crippen molar-refractivity contribution in [2.24, 2.45) is 18.9 Å². The van der Waals surface area contributed by atoms with Crippen LogP contribution in [0.15, 0.2) is 40.6 Å². The molecule has 1 amide bonds. The summed E-state index contributed by atoms with van der Waals surface area (Å²) in [6, 6.07) is 1.84. The molecule has 34 heavy (non-hydrogen) atoms. The number of nitrogens with one attached hydrogen (secondary N) is 1. The predicted molar refractivity (Wildman–Crippen MR) is 124 cm³/mol. The third-order valence-corrected chi connectivity index (χ3v) is 9.04. The van der Waals surface area contributed by atoms with Gasteiger partial charge in [-0.25, -0.2) is 13.4 Å². The van der Waals surface area contributed by atoms with Crippen LogP contribution in [-0.2, 0) is 28.4 Å². The van der Waals surface area contributed by atoms with Crippen molar-refractivity contribution < 1.29 is 18.3 Å². The molecule has 0 unspecified atom stereocenters. The van der Waals surface area contributed by atoms with Crippen LogP contribution in [0, 0.1) is 11.8 Å². The van der Waals surface area contributed by atoms with Gasteiger partial charge in [0.25, 0.3) is 15.6 Å². The molecule has 1 saturated heterocycles. The summed E-state index contributed by atoms with van der Waals surface area (Å²) in [7, 11) is -2.42. The topological polar surface area (TPSA) is 127 Å². The number of carbonyl (C=O) groups is 1. The van der Waals surface area contributed by atoms with Crippen molar-refractivity contribution in [3.63, 3.8) is 0 Å². The number of aliphatic hydroxyl groups is 1. The van der Waals surface area contributed by atoms with Crippen molar-refractivity contribution in [2.45, 2.75) is 49.8 Å². The Morgan fingerprint density at radius 1 is 1.32 bits per heavy atom. The second kappa shape index (κ2) is 8.47. The minimum atomic E-state index is -4.10. The van der Waals surface area contributed by atoms with Crippen LogP contribution in [0.2, 0.25) is 0 Å². The summed E-state index contributed by atoms with van der Waals surface area (Å²) in [6.07, 6.45) is 7.67. The molecule has 2 aromatic heterocycles. The SMILES string of the molecule is CCNC(=O)[C@H]1[C@H](CO)[C@H]2Cn3c(ccc(C4=CCCC4)c3=O)[C@@H]1N2S(=O)(=O)c1cn(C)cn1. The lowest BCUT2D eigenvalue weighted by Crippen LogP contribution is -2.49. The molecule has 5 rings (SSSR count). The van der Waals surface area contributed by atoms with E-state index in [2.05, 4.69) is 16.4 Å². The number of imidazole rings is 1. The first-order chi connectivity index (χ1) is 16.3. The van der Waals surface area contributed by atoms with Gasteiger partial charge in [0.05, 0.1) is 18.3 Å². The molecule has 11 heteroatoms. The highest BCUT2D eigenvalue weighted by Gasteiger charge is 2.60. The molecule has 2 aliphatic heterocycles. The number of aromatic nitrogens is 3. The van der Waals surface area contributed by atoms with Gasteiger partial charge >= 0.3 is 0 Å². The van der Waals surface area contributed by atoms with Gasteiger partial charge in [-0.15, -0.1) is 0 Å². The van der Waals surface area contributed by atoms with Gasteiger partial charge in [-0.05, 0) is 43.9 Å². The van der Waals surface area contributed by atoms with Crippen molar-refractivity contribution in [3.8, 4) is 0 Å². The molecule has 0 radical (unpaired) electrons. The molecular formula is C23H29N5O5S. The van der Waals surface area contributed by atoms with E-state index in [9.17, 15) is 23.1 Å². The molecule has 4 heterocycles. The first kappa shape index (κ1) is 23.0. The van der Waals surface area contributed by atoms with Crippen molar-refractivity contribution in [3.05, 3.63) is 52.3 Å². The number of fused-ring (bicyclic) bond motifs is 4. The van der Waals surface area contributed by atoms with Crippen molar-refractivity contribution in [1.29, 1.82) is 0 Å². The molecule has 0 aromatic carbocycles. The summed E-state index contributed by atoms with van der Waals surface area (Å²) in [4.78, 5) is 30.8. The molecule has 3 aliphatic rings. The minimum absolute atomic E-state index is 0.0684. The number of hydrogen-bond donors (Lipinski definition) is 2. The first-order valence-electron chi connectivity index (χ1n) is 11.6. The van der Waals surface area contributed by atoms with Gasteiger partial charge in [-0.3, -0.25) is 9.59 Å². The van der Waals surface area contributed by atoms with E-state index in [0.29, 0.717) is 17.8 Å². The maximum absolute atomic E-state index is 13.8. The van der Waals surface area contributed by atoms with Gasteiger partial charge < -0.3 is 19.6 Å². The molecule has 10 nitrogen and oxygen atoms in total. The lowest BCUT2D eigenvalue weighted by molar-refractivity contribution is -0.127. The average molecular weight is 488 g/mol. The Morgan fingerprint density at radius 2 is 2.12 bits per heavy atom. The van der Waals surface area contributed by atoms with Crippen LogP contribution in [0.25, 0.3) is 5.57 Å². The zero-order valence-electron chi connectivity index (χ0n) is 19.2. The molecule has 0 saturated carbocycles. The van der Waals surface area contributed by atoms with Gasteiger partial charge in [0, 0.05) is 56.2 Å². The van der Waals surface area contributed by atoms with Crippen LogP contribution in [0.4, 0.5) is 0 Å². The molecule has 4 atom stereocenters. The van der Waals surface area contributed by atoms with Gasteiger partial charge in [0.15, 0.2) is 5.03 Å². The molecule has 0 spiro atoms. The van der Waals surface area contributed by atoms with E-state index in [1.165, 1.54) is 16.8 Å². The molecular weight excluding hydrogens is 458 g/mol. The van der Waals surface area contributed by atoms with Crippen molar-refractivity contribution in [1.82, 2.24) is 23.7 Å². The minimum Gasteiger partial charge on any atom is -0.396 e. The van der Waals surface area contributed by atoms with Crippen molar-refractivity contribution >= 4 is 21.5 Å². The number of allylic oxidation sites excluding steroid dienone is 2. The maximum Gasteiger partial charge on any atom is 0.263 e. The lowest BCUT2D eigenvalue weighted by atomic mass is 9.86. The summed E-state index contributed by atoms with van der Waals surface area (Å²) >= 11 is 0. The zero-order chi connectivity index (χ0) is 24.2. The van der Waals surface area contributed by atoms with Crippen LogP contribution < -0.4 is 10.9 Å². The van der Waals surface area contributed by atoms with E-state index < -0.39 is 33.9 Å². The van der Waals surface area contributed by atoms with Crippen LogP contribution in [0.1, 0.15) is 43.5 Å². The first-order valence-corrected chi connectivity index (χ1v) is 13.1. The number of aliphatic hydroxyl groups excluding tert-OH is 1. The summed E-state index contributed by atoms with van der Waals surface area (Å²) < 4.78 is 32.0. The number of hydrogen-bond acceptors (Lipinski definition) is 6. The molecule has 182 valence electrons. The van der Waals surface area contributed by atoms with E-state index in [-0.39, 0.29) is 29.6 Å². The van der Waals surface area contributed by atoms with Crippen LogP contribution in [0.5, 0.6) is 0 Å². The molecule has 1 aliphatic carbocycles. The summed E-state index contributed by atoms with van der Waals surface area (Å²) in [5.74, 6) is -1.83. The van der Waals surface area contributed by atoms with Gasteiger partial charge in [0.1, 0.15) is 0 Å². The number of sulfonamides is 1. The normalized spacial score (nSPS) is 26.4. The van der Waals surface area contributed by atoms with Gasteiger partial charge in [-0.1, -0.05) is 6.08 Å². The Balaban J connectivity index is 1.70. The summed E-state index contributed by atoms with van der Waals surface area (Å²) in [5.41, 5.74) is 1.92. The highest BCUT2D eigenvalue weighted by molar-refractivity contribution is 7.89. The molecule has 2 aromatic rings. The number of carbonyl (C=O) groups excluding carboxylic acids is 1. The van der Waals surface area contributed by atoms with E-state index in [1.54, 1.807) is 35.2 Å². The van der Waals surface area contributed by atoms with Crippen LogP contribution >= 0.6 is 0 Å². The predicted octanol–water partition coefficient (Wildman–Crippen LogP) is 0.638. The van der Waals surface area contributed by atoms with E-state index in [1.807, 2.05) is 0 Å². The van der Waals surface area contributed by atoms with Gasteiger partial charge in [-0.2, -0.15) is 4.31 Å². The Labute approximate surface area is 198 Å². The number of nitrogens with zero attached hydrogens (tertiary/aromatic N) is 4. The fraction of sp³-hybridized carbons (Fsp3) is 0.522. The van der Waals surface area contributed by atoms with E-state index in [4.69, 9.17) is 0 Å². The Kier molecular flexibility index (Phi) is 5.73. The average Bonchev–Trinajstić information content (AvgIpc) is 3.53. The third kappa shape index (κ3) is 3.37. The quantitative estimate of drug-likeness (QED) is 0.616. The van der Waals surface area contributed by atoms with E-state index >= 15 is 0 Å². The number of amides is 1. The second-order valence-corrected chi connectivity index (χ2v) is 11.0. The summed E-state index contributed by atoms with van der Waals surface area (Å²) in [5, 5.41) is 13.0. The van der Waals surface area contributed by atoms with Gasteiger partial charge in [0.2, 0.25) is 5.91 Å².